The van der Waals surface area contributed by atoms with Gasteiger partial charge in [-0.3, -0.25) is 0 Å². The minimum atomic E-state index is 0.0167. The van der Waals surface area contributed by atoms with Gasteiger partial charge in [0.1, 0.15) is 6.10 Å². The number of hydrogen-bond donors (Lipinski definition) is 1. The lowest BCUT2D eigenvalue weighted by atomic mass is 9.99. The SMILES string of the molecule is CCC(c1nc(C2CCCO2)no1)C(C)N. The van der Waals surface area contributed by atoms with Gasteiger partial charge in [-0.1, -0.05) is 12.1 Å². The first-order valence-corrected chi connectivity index (χ1v) is 5.93. The van der Waals surface area contributed by atoms with Gasteiger partial charge in [-0.25, -0.2) is 0 Å². The van der Waals surface area contributed by atoms with Crippen LogP contribution in [0.2, 0.25) is 0 Å². The predicted octanol–water partition coefficient (Wildman–Crippen LogP) is 1.76. The van der Waals surface area contributed by atoms with Gasteiger partial charge in [-0.2, -0.15) is 4.98 Å². The van der Waals surface area contributed by atoms with E-state index in [-0.39, 0.29) is 18.1 Å². The highest BCUT2D eigenvalue weighted by atomic mass is 16.5. The summed E-state index contributed by atoms with van der Waals surface area (Å²) in [4.78, 5) is 4.40. The molecule has 0 amide bonds. The second kappa shape index (κ2) is 4.93. The molecule has 1 saturated heterocycles. The maximum atomic E-state index is 5.88. The summed E-state index contributed by atoms with van der Waals surface area (Å²) in [5.41, 5.74) is 5.88. The van der Waals surface area contributed by atoms with Crippen LogP contribution < -0.4 is 5.73 Å². The lowest BCUT2D eigenvalue weighted by molar-refractivity contribution is 0.103. The molecule has 0 saturated carbocycles. The summed E-state index contributed by atoms with van der Waals surface area (Å²) in [7, 11) is 0. The molecular weight excluding hydrogens is 206 g/mol. The Morgan fingerprint density at radius 1 is 1.56 bits per heavy atom. The van der Waals surface area contributed by atoms with Crippen molar-refractivity contribution in [2.75, 3.05) is 6.61 Å². The molecule has 3 unspecified atom stereocenters. The smallest absolute Gasteiger partial charge is 0.231 e. The van der Waals surface area contributed by atoms with Gasteiger partial charge >= 0.3 is 0 Å². The van der Waals surface area contributed by atoms with Crippen LogP contribution in [0.4, 0.5) is 0 Å². The molecule has 2 rings (SSSR count). The van der Waals surface area contributed by atoms with Crippen molar-refractivity contribution < 1.29 is 9.26 Å². The van der Waals surface area contributed by atoms with E-state index in [1.807, 2.05) is 6.92 Å². The number of ether oxygens (including phenoxy) is 1. The average Bonchev–Trinajstić information content (AvgIpc) is 2.86. The standard InChI is InChI=1S/C11H19N3O2/c1-3-8(7(2)12)11-13-10(14-16-11)9-5-4-6-15-9/h7-9H,3-6,12H2,1-2H3. The number of nitrogens with two attached hydrogens (primary N) is 1. The van der Waals surface area contributed by atoms with Crippen LogP contribution in [0.3, 0.4) is 0 Å². The zero-order chi connectivity index (χ0) is 11.5. The molecule has 2 heterocycles. The van der Waals surface area contributed by atoms with Crippen molar-refractivity contribution >= 4 is 0 Å². The molecule has 1 aromatic rings. The molecule has 0 aliphatic carbocycles. The molecule has 2 N–H and O–H groups in total. The van der Waals surface area contributed by atoms with Gasteiger partial charge in [0.25, 0.3) is 0 Å². The van der Waals surface area contributed by atoms with Gasteiger partial charge < -0.3 is 15.0 Å². The van der Waals surface area contributed by atoms with Crippen molar-refractivity contribution in [3.8, 4) is 0 Å². The predicted molar refractivity (Wildman–Crippen MR) is 58.9 cm³/mol. The third-order valence-corrected chi connectivity index (χ3v) is 3.07. The topological polar surface area (TPSA) is 74.2 Å². The highest BCUT2D eigenvalue weighted by molar-refractivity contribution is 5.00. The minimum absolute atomic E-state index is 0.0167. The fourth-order valence-corrected chi connectivity index (χ4v) is 2.08. The van der Waals surface area contributed by atoms with E-state index in [1.54, 1.807) is 0 Å². The van der Waals surface area contributed by atoms with Crippen molar-refractivity contribution in [1.82, 2.24) is 10.1 Å². The van der Waals surface area contributed by atoms with Crippen LogP contribution in [0.5, 0.6) is 0 Å². The normalized spacial score (nSPS) is 24.6. The van der Waals surface area contributed by atoms with Crippen LogP contribution in [0.15, 0.2) is 4.52 Å². The molecule has 0 spiro atoms. The van der Waals surface area contributed by atoms with Gasteiger partial charge in [0.05, 0.1) is 5.92 Å². The lowest BCUT2D eigenvalue weighted by Gasteiger charge is -2.13. The molecule has 0 bridgehead atoms. The molecule has 3 atom stereocenters. The monoisotopic (exact) mass is 225 g/mol. The summed E-state index contributed by atoms with van der Waals surface area (Å²) in [6.45, 7) is 4.83. The van der Waals surface area contributed by atoms with E-state index in [0.717, 1.165) is 25.9 Å². The second-order valence-corrected chi connectivity index (χ2v) is 4.37. The van der Waals surface area contributed by atoms with Crippen LogP contribution in [0, 0.1) is 0 Å². The molecule has 0 radical (unpaired) electrons. The Hall–Kier alpha value is -0.940. The molecular formula is C11H19N3O2. The number of aromatic nitrogens is 2. The fourth-order valence-electron chi connectivity index (χ4n) is 2.08. The summed E-state index contributed by atoms with van der Waals surface area (Å²) in [5.74, 6) is 1.46. The maximum absolute atomic E-state index is 5.88. The Kier molecular flexibility index (Phi) is 3.56. The van der Waals surface area contributed by atoms with Crippen molar-refractivity contribution in [2.45, 2.75) is 51.2 Å². The van der Waals surface area contributed by atoms with E-state index < -0.39 is 0 Å². The van der Waals surface area contributed by atoms with Crippen LogP contribution in [0.1, 0.15) is 56.8 Å². The highest BCUT2D eigenvalue weighted by Crippen LogP contribution is 2.28. The van der Waals surface area contributed by atoms with Gasteiger partial charge in [0.15, 0.2) is 0 Å². The number of hydrogen-bond acceptors (Lipinski definition) is 5. The molecule has 1 aliphatic heterocycles. The first-order valence-electron chi connectivity index (χ1n) is 5.93. The Bertz CT molecular complexity index is 332. The zero-order valence-corrected chi connectivity index (χ0v) is 9.85. The highest BCUT2D eigenvalue weighted by Gasteiger charge is 2.26. The van der Waals surface area contributed by atoms with Crippen LogP contribution >= 0.6 is 0 Å². The molecule has 5 nitrogen and oxygen atoms in total. The number of rotatable bonds is 4. The molecule has 90 valence electrons. The van der Waals surface area contributed by atoms with E-state index in [2.05, 4.69) is 17.1 Å². The summed E-state index contributed by atoms with van der Waals surface area (Å²) in [6.07, 6.45) is 2.97. The first-order chi connectivity index (χ1) is 7.72. The maximum Gasteiger partial charge on any atom is 0.231 e. The Morgan fingerprint density at radius 3 is 2.94 bits per heavy atom. The third-order valence-electron chi connectivity index (χ3n) is 3.07. The summed E-state index contributed by atoms with van der Waals surface area (Å²) in [5, 5.41) is 3.98. The summed E-state index contributed by atoms with van der Waals surface area (Å²) in [6, 6.07) is 0.0304. The van der Waals surface area contributed by atoms with Crippen molar-refractivity contribution in [2.24, 2.45) is 5.73 Å². The average molecular weight is 225 g/mol. The largest absolute Gasteiger partial charge is 0.370 e. The molecule has 1 aromatic heterocycles. The van der Waals surface area contributed by atoms with Crippen molar-refractivity contribution in [1.29, 1.82) is 0 Å². The zero-order valence-electron chi connectivity index (χ0n) is 9.85. The van der Waals surface area contributed by atoms with Crippen molar-refractivity contribution in [3.63, 3.8) is 0 Å². The van der Waals surface area contributed by atoms with Crippen LogP contribution in [-0.4, -0.2) is 22.8 Å². The molecule has 16 heavy (non-hydrogen) atoms. The van der Waals surface area contributed by atoms with E-state index in [1.165, 1.54) is 0 Å². The van der Waals surface area contributed by atoms with E-state index in [9.17, 15) is 0 Å². The van der Waals surface area contributed by atoms with Crippen LogP contribution in [0.25, 0.3) is 0 Å². The first kappa shape index (κ1) is 11.5. The Balaban J connectivity index is 2.11. The quantitative estimate of drug-likeness (QED) is 0.845. The van der Waals surface area contributed by atoms with E-state index in [0.29, 0.717) is 11.7 Å². The molecule has 0 aromatic carbocycles. The Labute approximate surface area is 95.3 Å². The number of nitrogens with zero attached hydrogens (tertiary/aromatic N) is 2. The van der Waals surface area contributed by atoms with Gasteiger partial charge in [-0.05, 0) is 26.2 Å². The molecule has 1 aliphatic rings. The summed E-state index contributed by atoms with van der Waals surface area (Å²) < 4.78 is 10.8. The Morgan fingerprint density at radius 2 is 2.38 bits per heavy atom. The lowest BCUT2D eigenvalue weighted by Crippen LogP contribution is -2.24. The second-order valence-electron chi connectivity index (χ2n) is 4.37. The van der Waals surface area contributed by atoms with E-state index in [4.69, 9.17) is 15.0 Å². The van der Waals surface area contributed by atoms with Gasteiger partial charge in [0, 0.05) is 12.6 Å². The van der Waals surface area contributed by atoms with Crippen molar-refractivity contribution in [3.05, 3.63) is 11.7 Å². The fraction of sp³-hybridized carbons (Fsp3) is 0.818. The third kappa shape index (κ3) is 2.25. The van der Waals surface area contributed by atoms with Gasteiger partial charge in [0.2, 0.25) is 11.7 Å². The molecule has 5 heteroatoms. The minimum Gasteiger partial charge on any atom is -0.370 e. The van der Waals surface area contributed by atoms with Crippen LogP contribution in [-0.2, 0) is 4.74 Å². The van der Waals surface area contributed by atoms with E-state index >= 15 is 0 Å². The summed E-state index contributed by atoms with van der Waals surface area (Å²) >= 11 is 0. The molecule has 1 fully saturated rings. The van der Waals surface area contributed by atoms with Gasteiger partial charge in [-0.15, -0.1) is 0 Å².